The van der Waals surface area contributed by atoms with Gasteiger partial charge in [-0.25, -0.2) is 15.0 Å². The molecule has 5 aromatic rings. The summed E-state index contributed by atoms with van der Waals surface area (Å²) in [5.41, 5.74) is 9.26. The minimum absolute atomic E-state index is 0.215. The van der Waals surface area contributed by atoms with Crippen LogP contribution in [0.3, 0.4) is 0 Å². The zero-order valence-corrected chi connectivity index (χ0v) is 23.0. The molecule has 206 valence electrons. The van der Waals surface area contributed by atoms with Crippen LogP contribution in [0, 0.1) is 0 Å². The zero-order valence-electron chi connectivity index (χ0n) is 22.1. The summed E-state index contributed by atoms with van der Waals surface area (Å²) >= 11 is 0. The van der Waals surface area contributed by atoms with E-state index in [1.807, 2.05) is 84.9 Å². The molecule has 0 radical (unpaired) electrons. The summed E-state index contributed by atoms with van der Waals surface area (Å²) in [6.07, 6.45) is 0.377. The molecule has 0 amide bonds. The number of rotatable bonds is 10. The molecule has 0 bridgehead atoms. The predicted octanol–water partition coefficient (Wildman–Crippen LogP) is 4.34. The summed E-state index contributed by atoms with van der Waals surface area (Å²) in [6.45, 7) is 1.97. The standard InChI is InChI=1S/C29H30N5O5P/c1-20(39-19-40(35,36)37)17-34-18-31-25-26(30)32-28(33-27(25)34)29(21-9-5-3-6-10-21,22-11-7-4-8-12-22)23-13-15-24(38-2)16-14-23/h3-16,18,20H,17,19H2,1-2H3,(H2,30,32,33)(H2,35,36,37). The lowest BCUT2D eigenvalue weighted by atomic mass is 9.68. The summed E-state index contributed by atoms with van der Waals surface area (Å²) in [5.74, 6) is 1.38. The number of nitrogens with two attached hydrogens (primary N) is 1. The van der Waals surface area contributed by atoms with Crippen molar-refractivity contribution in [1.82, 2.24) is 19.5 Å². The van der Waals surface area contributed by atoms with Crippen molar-refractivity contribution in [3.8, 4) is 5.75 Å². The third-order valence-electron chi connectivity index (χ3n) is 6.74. The Labute approximate surface area is 231 Å². The number of nitrogen functional groups attached to an aromatic ring is 1. The number of aromatic nitrogens is 4. The van der Waals surface area contributed by atoms with Gasteiger partial charge in [0, 0.05) is 0 Å². The van der Waals surface area contributed by atoms with Gasteiger partial charge >= 0.3 is 7.60 Å². The number of anilines is 1. The number of benzene rings is 3. The Morgan fingerprint density at radius 3 is 2.05 bits per heavy atom. The number of ether oxygens (including phenoxy) is 2. The first kappa shape index (κ1) is 27.5. The molecule has 2 heterocycles. The van der Waals surface area contributed by atoms with Crippen molar-refractivity contribution in [3.63, 3.8) is 0 Å². The van der Waals surface area contributed by atoms with Crippen LogP contribution in [-0.4, -0.2) is 48.9 Å². The minimum Gasteiger partial charge on any atom is -0.497 e. The number of nitrogens with zero attached hydrogens (tertiary/aromatic N) is 4. The zero-order chi connectivity index (χ0) is 28.3. The lowest BCUT2D eigenvalue weighted by molar-refractivity contribution is 0.0764. The van der Waals surface area contributed by atoms with E-state index in [0.717, 1.165) is 22.4 Å². The van der Waals surface area contributed by atoms with Gasteiger partial charge in [-0.3, -0.25) is 4.57 Å². The average molecular weight is 560 g/mol. The normalized spacial score (nSPS) is 12.9. The van der Waals surface area contributed by atoms with E-state index < -0.39 is 25.5 Å². The molecule has 2 aromatic heterocycles. The second-order valence-corrected chi connectivity index (χ2v) is 11.1. The molecule has 4 N–H and O–H groups in total. The highest BCUT2D eigenvalue weighted by molar-refractivity contribution is 7.51. The second-order valence-electron chi connectivity index (χ2n) is 9.48. The predicted molar refractivity (Wildman–Crippen MR) is 152 cm³/mol. The maximum absolute atomic E-state index is 11.3. The lowest BCUT2D eigenvalue weighted by Crippen LogP contribution is -2.33. The number of methoxy groups -OCH3 is 1. The second kappa shape index (κ2) is 11.2. The van der Waals surface area contributed by atoms with Crippen LogP contribution in [0.25, 0.3) is 11.2 Å². The monoisotopic (exact) mass is 559 g/mol. The van der Waals surface area contributed by atoms with E-state index in [9.17, 15) is 14.4 Å². The van der Waals surface area contributed by atoms with Gasteiger partial charge in [0.05, 0.1) is 26.1 Å². The van der Waals surface area contributed by atoms with Gasteiger partial charge in [-0.2, -0.15) is 0 Å². The van der Waals surface area contributed by atoms with Gasteiger partial charge in [0.1, 0.15) is 23.0 Å². The topological polar surface area (TPSA) is 146 Å². The molecule has 3 aromatic carbocycles. The molecule has 1 unspecified atom stereocenters. The molecule has 10 nitrogen and oxygen atoms in total. The Kier molecular flexibility index (Phi) is 7.69. The van der Waals surface area contributed by atoms with E-state index >= 15 is 0 Å². The van der Waals surface area contributed by atoms with E-state index in [-0.39, 0.29) is 12.4 Å². The van der Waals surface area contributed by atoms with Crippen molar-refractivity contribution in [3.05, 3.63) is 114 Å². The van der Waals surface area contributed by atoms with Crippen LogP contribution in [0.4, 0.5) is 5.82 Å². The summed E-state index contributed by atoms with van der Waals surface area (Å²) < 4.78 is 23.9. The molecule has 0 saturated carbocycles. The highest BCUT2D eigenvalue weighted by Crippen LogP contribution is 2.44. The number of hydrogen-bond donors (Lipinski definition) is 3. The average Bonchev–Trinajstić information content (AvgIpc) is 3.36. The van der Waals surface area contributed by atoms with E-state index in [4.69, 9.17) is 25.2 Å². The Hall–Kier alpha value is -4.08. The lowest BCUT2D eigenvalue weighted by Gasteiger charge is -2.34. The SMILES string of the molecule is COc1ccc(C(c2ccccc2)(c2ccccc2)c2nc(N)c3ncn(CC(C)OCP(=O)(O)O)c3n2)cc1. The Morgan fingerprint density at radius 2 is 1.50 bits per heavy atom. The first-order valence-electron chi connectivity index (χ1n) is 12.6. The van der Waals surface area contributed by atoms with Gasteiger partial charge < -0.3 is 29.6 Å². The molecule has 0 saturated heterocycles. The van der Waals surface area contributed by atoms with Crippen molar-refractivity contribution in [1.29, 1.82) is 0 Å². The molecule has 0 aliphatic carbocycles. The van der Waals surface area contributed by atoms with Crippen LogP contribution >= 0.6 is 7.60 Å². The molecule has 0 spiro atoms. The fourth-order valence-electron chi connectivity index (χ4n) is 4.93. The Morgan fingerprint density at radius 1 is 0.925 bits per heavy atom. The summed E-state index contributed by atoms with van der Waals surface area (Å²) in [7, 11) is -2.68. The van der Waals surface area contributed by atoms with E-state index in [0.29, 0.717) is 17.0 Å². The molecule has 0 fully saturated rings. The van der Waals surface area contributed by atoms with Gasteiger partial charge in [0.2, 0.25) is 0 Å². The molecule has 0 aliphatic heterocycles. The fourth-order valence-corrected chi connectivity index (χ4v) is 5.37. The van der Waals surface area contributed by atoms with Gasteiger partial charge in [-0.15, -0.1) is 0 Å². The number of fused-ring (bicyclic) bond motifs is 1. The van der Waals surface area contributed by atoms with E-state index in [2.05, 4.69) is 4.98 Å². The molecule has 1 atom stereocenters. The molecular formula is C29H30N5O5P. The fraction of sp³-hybridized carbons (Fsp3) is 0.207. The number of hydrogen-bond acceptors (Lipinski definition) is 7. The van der Waals surface area contributed by atoms with Gasteiger partial charge in [0.15, 0.2) is 17.3 Å². The van der Waals surface area contributed by atoms with Gasteiger partial charge in [-0.1, -0.05) is 72.8 Å². The molecule has 0 aliphatic rings. The summed E-state index contributed by atoms with van der Waals surface area (Å²) in [6, 6.07) is 27.8. The van der Waals surface area contributed by atoms with E-state index in [1.165, 1.54) is 0 Å². The first-order valence-corrected chi connectivity index (χ1v) is 14.4. The molecule has 5 rings (SSSR count). The quantitative estimate of drug-likeness (QED) is 0.168. The largest absolute Gasteiger partial charge is 0.497 e. The van der Waals surface area contributed by atoms with Crippen molar-refractivity contribution in [2.24, 2.45) is 0 Å². The van der Waals surface area contributed by atoms with Crippen LogP contribution in [0.1, 0.15) is 29.4 Å². The van der Waals surface area contributed by atoms with Gasteiger partial charge in [-0.05, 0) is 35.7 Å². The first-order chi connectivity index (χ1) is 19.2. The summed E-state index contributed by atoms with van der Waals surface area (Å²) in [4.78, 5) is 32.7. The van der Waals surface area contributed by atoms with Crippen molar-refractivity contribution in [2.45, 2.75) is 25.0 Å². The maximum atomic E-state index is 11.3. The van der Waals surface area contributed by atoms with Crippen LogP contribution in [0.15, 0.2) is 91.3 Å². The third kappa shape index (κ3) is 5.35. The summed E-state index contributed by atoms with van der Waals surface area (Å²) in [5, 5.41) is 0. The highest BCUT2D eigenvalue weighted by Gasteiger charge is 2.42. The maximum Gasteiger partial charge on any atom is 0.350 e. The van der Waals surface area contributed by atoms with Crippen LogP contribution < -0.4 is 10.5 Å². The molecular weight excluding hydrogens is 529 g/mol. The van der Waals surface area contributed by atoms with E-state index in [1.54, 1.807) is 24.9 Å². The molecule has 40 heavy (non-hydrogen) atoms. The highest BCUT2D eigenvalue weighted by atomic mass is 31.2. The van der Waals surface area contributed by atoms with Crippen molar-refractivity contribution in [2.75, 3.05) is 19.2 Å². The minimum atomic E-state index is -4.31. The smallest absolute Gasteiger partial charge is 0.350 e. The van der Waals surface area contributed by atoms with Crippen LogP contribution in [-0.2, 0) is 21.3 Å². The molecule has 11 heteroatoms. The van der Waals surface area contributed by atoms with Gasteiger partial charge in [0.25, 0.3) is 0 Å². The Balaban J connectivity index is 1.74. The third-order valence-corrected chi connectivity index (χ3v) is 7.23. The van der Waals surface area contributed by atoms with Crippen LogP contribution in [0.5, 0.6) is 5.75 Å². The number of imidazole rings is 1. The van der Waals surface area contributed by atoms with Crippen molar-refractivity contribution < 1.29 is 23.8 Å². The Bertz CT molecular complexity index is 1600. The van der Waals surface area contributed by atoms with Crippen molar-refractivity contribution >= 4 is 24.6 Å². The van der Waals surface area contributed by atoms with Crippen LogP contribution in [0.2, 0.25) is 0 Å².